The van der Waals surface area contributed by atoms with E-state index in [1.165, 1.54) is 42.5 Å². The Morgan fingerprint density at radius 3 is 2.48 bits per heavy atom. The molecule has 33 heavy (non-hydrogen) atoms. The van der Waals surface area contributed by atoms with Gasteiger partial charge in [-0.2, -0.15) is 5.26 Å². The van der Waals surface area contributed by atoms with Crippen LogP contribution in [0, 0.1) is 21.4 Å². The van der Waals surface area contributed by atoms with Crippen molar-refractivity contribution in [2.75, 3.05) is 5.32 Å². The van der Waals surface area contributed by atoms with Crippen molar-refractivity contribution in [1.82, 2.24) is 0 Å². The lowest BCUT2D eigenvalue weighted by atomic mass is 10.1. The Bertz CT molecular complexity index is 1290. The summed E-state index contributed by atoms with van der Waals surface area (Å²) in [6.07, 6.45) is 1.28. The minimum absolute atomic E-state index is 0.154. The first-order valence-electron chi connectivity index (χ1n) is 9.30. The molecule has 3 rings (SSSR count). The molecule has 0 spiro atoms. The summed E-state index contributed by atoms with van der Waals surface area (Å²) in [5, 5.41) is 24.0. The molecule has 0 radical (unpaired) electrons. The van der Waals surface area contributed by atoms with Crippen molar-refractivity contribution < 1.29 is 14.5 Å². The number of carbonyl (C=O) groups is 1. The number of non-ortho nitro benzene ring substituents is 1. The van der Waals surface area contributed by atoms with Crippen LogP contribution in [-0.4, -0.2) is 10.8 Å². The second-order valence-corrected chi connectivity index (χ2v) is 7.93. The summed E-state index contributed by atoms with van der Waals surface area (Å²) < 4.78 is 5.84. The average molecular weight is 503 g/mol. The number of nitro benzene ring substituents is 1. The molecule has 0 heterocycles. The zero-order valence-corrected chi connectivity index (χ0v) is 19.0. The molecule has 0 aliphatic carbocycles. The van der Waals surface area contributed by atoms with Crippen molar-refractivity contribution in [2.24, 2.45) is 0 Å². The number of carbonyl (C=O) groups excluding carboxylic acids is 1. The molecule has 7 nitrogen and oxygen atoms in total. The molecule has 0 fully saturated rings. The Labute approximate surface area is 203 Å². The maximum absolute atomic E-state index is 12.6. The maximum Gasteiger partial charge on any atom is 0.271 e. The van der Waals surface area contributed by atoms with Gasteiger partial charge in [-0.25, -0.2) is 0 Å². The van der Waals surface area contributed by atoms with Crippen LogP contribution >= 0.6 is 34.8 Å². The monoisotopic (exact) mass is 501 g/mol. The van der Waals surface area contributed by atoms with E-state index in [-0.39, 0.29) is 39.3 Å². The summed E-state index contributed by atoms with van der Waals surface area (Å²) >= 11 is 18.3. The zero-order valence-electron chi connectivity index (χ0n) is 16.7. The van der Waals surface area contributed by atoms with E-state index in [2.05, 4.69) is 5.32 Å². The van der Waals surface area contributed by atoms with Crippen LogP contribution in [-0.2, 0) is 11.4 Å². The van der Waals surface area contributed by atoms with E-state index in [9.17, 15) is 20.2 Å². The van der Waals surface area contributed by atoms with E-state index < -0.39 is 10.8 Å². The number of halogens is 3. The molecule has 0 unspecified atom stereocenters. The molecular formula is C23H14Cl3N3O4. The smallest absolute Gasteiger partial charge is 0.271 e. The van der Waals surface area contributed by atoms with Gasteiger partial charge in [0.05, 0.1) is 9.95 Å². The molecule has 0 atom stereocenters. The third kappa shape index (κ3) is 6.46. The quantitative estimate of drug-likeness (QED) is 0.168. The number of nitrogens with one attached hydrogen (secondary N) is 1. The van der Waals surface area contributed by atoms with Gasteiger partial charge in [0.1, 0.15) is 24.0 Å². The van der Waals surface area contributed by atoms with Crippen LogP contribution in [0.2, 0.25) is 15.1 Å². The second kappa shape index (κ2) is 10.8. The first kappa shape index (κ1) is 24.1. The lowest BCUT2D eigenvalue weighted by Crippen LogP contribution is -2.13. The average Bonchev–Trinajstić information content (AvgIpc) is 2.78. The van der Waals surface area contributed by atoms with Gasteiger partial charge in [-0.1, -0.05) is 53.0 Å². The molecule has 3 aromatic carbocycles. The third-order valence-corrected chi connectivity index (χ3v) is 5.06. The maximum atomic E-state index is 12.6. The second-order valence-electron chi connectivity index (χ2n) is 6.65. The van der Waals surface area contributed by atoms with E-state index in [4.69, 9.17) is 39.5 Å². The minimum Gasteiger partial charge on any atom is -0.487 e. The first-order valence-corrected chi connectivity index (χ1v) is 10.4. The fourth-order valence-electron chi connectivity index (χ4n) is 2.78. The summed E-state index contributed by atoms with van der Waals surface area (Å²) in [4.78, 5) is 23.0. The number of nitro groups is 1. The lowest BCUT2D eigenvalue weighted by molar-refractivity contribution is -0.384. The fraction of sp³-hybridized carbons (Fsp3) is 0.0435. The Hall–Kier alpha value is -3.57. The molecule has 10 heteroatoms. The number of hydrogen-bond donors (Lipinski definition) is 1. The highest BCUT2D eigenvalue weighted by Gasteiger charge is 2.16. The predicted molar refractivity (Wildman–Crippen MR) is 128 cm³/mol. The van der Waals surface area contributed by atoms with E-state index in [1.54, 1.807) is 24.3 Å². The molecule has 0 aliphatic heterocycles. The highest BCUT2D eigenvalue weighted by atomic mass is 35.5. The van der Waals surface area contributed by atoms with Gasteiger partial charge in [-0.15, -0.1) is 0 Å². The topological polar surface area (TPSA) is 105 Å². The molecule has 1 amide bonds. The van der Waals surface area contributed by atoms with Crippen molar-refractivity contribution in [1.29, 1.82) is 5.26 Å². The molecule has 0 aromatic heterocycles. The number of anilines is 1. The van der Waals surface area contributed by atoms with Gasteiger partial charge in [0.2, 0.25) is 0 Å². The highest BCUT2D eigenvalue weighted by molar-refractivity contribution is 6.36. The lowest BCUT2D eigenvalue weighted by Gasteiger charge is -2.13. The van der Waals surface area contributed by atoms with Gasteiger partial charge in [0.25, 0.3) is 11.6 Å². The number of rotatable bonds is 7. The van der Waals surface area contributed by atoms with Crippen molar-refractivity contribution in [3.8, 4) is 11.8 Å². The third-order valence-electron chi connectivity index (χ3n) is 4.31. The molecule has 0 aliphatic rings. The van der Waals surface area contributed by atoms with Crippen LogP contribution in [0.1, 0.15) is 11.1 Å². The number of benzene rings is 3. The predicted octanol–water partition coefficient (Wildman–Crippen LogP) is 6.68. The molecule has 0 saturated carbocycles. The SMILES string of the molecule is N#C/C(=C\c1cc(Cl)cc(Cl)c1OCc1ccc(Cl)cc1)C(=O)Nc1cccc([N+](=O)[O-])c1. The summed E-state index contributed by atoms with van der Waals surface area (Å²) in [5.41, 5.74) is 0.821. The van der Waals surface area contributed by atoms with Gasteiger partial charge in [-0.05, 0) is 42.0 Å². The Morgan fingerprint density at radius 1 is 1.09 bits per heavy atom. The van der Waals surface area contributed by atoms with Gasteiger partial charge < -0.3 is 10.1 Å². The Morgan fingerprint density at radius 2 is 1.82 bits per heavy atom. The van der Waals surface area contributed by atoms with Crippen molar-refractivity contribution >= 4 is 58.2 Å². The van der Waals surface area contributed by atoms with Gasteiger partial charge in [-0.3, -0.25) is 14.9 Å². The number of nitrogens with zero attached hydrogens (tertiary/aromatic N) is 2. The van der Waals surface area contributed by atoms with E-state index in [0.29, 0.717) is 10.6 Å². The van der Waals surface area contributed by atoms with Crippen LogP contribution in [0.15, 0.2) is 66.2 Å². The number of ether oxygens (including phenoxy) is 1. The summed E-state index contributed by atoms with van der Waals surface area (Å²) in [7, 11) is 0. The fourth-order valence-corrected chi connectivity index (χ4v) is 3.47. The zero-order chi connectivity index (χ0) is 24.0. The van der Waals surface area contributed by atoms with Crippen LogP contribution < -0.4 is 10.1 Å². The number of hydrogen-bond acceptors (Lipinski definition) is 5. The number of nitriles is 1. The molecule has 0 saturated heterocycles. The van der Waals surface area contributed by atoms with Crippen molar-refractivity contribution in [3.63, 3.8) is 0 Å². The first-order chi connectivity index (χ1) is 15.8. The largest absolute Gasteiger partial charge is 0.487 e. The van der Waals surface area contributed by atoms with Crippen LogP contribution in [0.3, 0.4) is 0 Å². The van der Waals surface area contributed by atoms with E-state index in [1.807, 2.05) is 6.07 Å². The number of amides is 1. The van der Waals surface area contributed by atoms with Crippen LogP contribution in [0.25, 0.3) is 6.08 Å². The van der Waals surface area contributed by atoms with Crippen molar-refractivity contribution in [3.05, 3.63) is 103 Å². The van der Waals surface area contributed by atoms with Gasteiger partial charge in [0, 0.05) is 33.4 Å². The molecule has 3 aromatic rings. The summed E-state index contributed by atoms with van der Waals surface area (Å²) in [6.45, 7) is 0.154. The van der Waals surface area contributed by atoms with E-state index >= 15 is 0 Å². The molecule has 0 bridgehead atoms. The minimum atomic E-state index is -0.766. The standard InChI is InChI=1S/C23H14Cl3N3O4/c24-17-6-4-14(5-7-17)13-33-22-15(9-18(25)10-21(22)26)8-16(12-27)23(30)28-19-2-1-3-20(11-19)29(31)32/h1-11H,13H2,(H,28,30)/b16-8+. The molecular weight excluding hydrogens is 489 g/mol. The van der Waals surface area contributed by atoms with E-state index in [0.717, 1.165) is 5.56 Å². The molecule has 1 N–H and O–H groups in total. The normalized spacial score (nSPS) is 10.9. The van der Waals surface area contributed by atoms with Crippen LogP contribution in [0.4, 0.5) is 11.4 Å². The Balaban J connectivity index is 1.88. The summed E-state index contributed by atoms with van der Waals surface area (Å²) in [5.74, 6) is -0.537. The van der Waals surface area contributed by atoms with Gasteiger partial charge >= 0.3 is 0 Å². The van der Waals surface area contributed by atoms with Crippen LogP contribution in [0.5, 0.6) is 5.75 Å². The summed E-state index contributed by atoms with van der Waals surface area (Å²) in [6, 6.07) is 17.2. The van der Waals surface area contributed by atoms with Gasteiger partial charge in [0.15, 0.2) is 0 Å². The molecule has 166 valence electrons. The highest BCUT2D eigenvalue weighted by Crippen LogP contribution is 2.34. The Kier molecular flexibility index (Phi) is 7.91. The van der Waals surface area contributed by atoms with Crippen molar-refractivity contribution in [2.45, 2.75) is 6.61 Å².